The van der Waals surface area contributed by atoms with Crippen molar-refractivity contribution in [3.8, 4) is 0 Å². The highest BCUT2D eigenvalue weighted by Crippen LogP contribution is 2.33. The first kappa shape index (κ1) is 29.3. The zero-order chi connectivity index (χ0) is 29.7. The molecule has 3 N–H and O–H groups in total. The number of ether oxygens (including phenoxy) is 3. The highest BCUT2D eigenvalue weighted by molar-refractivity contribution is 7.86. The van der Waals surface area contributed by atoms with Crippen LogP contribution in [0.25, 0.3) is 0 Å². The summed E-state index contributed by atoms with van der Waals surface area (Å²) in [6.45, 7) is 1.42. The molecule has 15 nitrogen and oxygen atoms in total. The normalized spacial score (nSPS) is 22.3. The Bertz CT molecular complexity index is 1520. The number of benzene rings is 2. The fourth-order valence-corrected chi connectivity index (χ4v) is 4.74. The van der Waals surface area contributed by atoms with Crippen molar-refractivity contribution in [1.29, 1.82) is 0 Å². The van der Waals surface area contributed by atoms with E-state index in [0.29, 0.717) is 0 Å². The summed E-state index contributed by atoms with van der Waals surface area (Å²) in [7, 11) is -4.15. The van der Waals surface area contributed by atoms with Gasteiger partial charge in [0.2, 0.25) is 11.6 Å². The van der Waals surface area contributed by atoms with E-state index in [1.807, 2.05) is 0 Å². The molecule has 0 radical (unpaired) electrons. The second kappa shape index (κ2) is 12.2. The van der Waals surface area contributed by atoms with Crippen molar-refractivity contribution in [1.82, 2.24) is 9.97 Å². The van der Waals surface area contributed by atoms with Gasteiger partial charge in [-0.2, -0.15) is 8.42 Å². The fraction of sp³-hybridized carbons (Fsp3) is 0.280. The minimum atomic E-state index is -4.15. The zero-order valence-corrected chi connectivity index (χ0v) is 22.5. The molecule has 1 aliphatic rings. The van der Waals surface area contributed by atoms with Gasteiger partial charge in [-0.3, -0.25) is 14.3 Å². The van der Waals surface area contributed by atoms with Gasteiger partial charge < -0.3 is 25.3 Å². The molecule has 0 unspecified atom stereocenters. The van der Waals surface area contributed by atoms with E-state index >= 15 is 0 Å². The molecule has 1 saturated heterocycles. The van der Waals surface area contributed by atoms with Crippen LogP contribution in [-0.4, -0.2) is 72.1 Å². The van der Waals surface area contributed by atoms with Gasteiger partial charge in [0.05, 0.1) is 28.4 Å². The molecule has 1 aliphatic heterocycles. The lowest BCUT2D eigenvalue weighted by Gasteiger charge is -2.43. The summed E-state index contributed by atoms with van der Waals surface area (Å²) in [5, 5.41) is 14.4. The molecule has 0 bridgehead atoms. The van der Waals surface area contributed by atoms with Gasteiger partial charge >= 0.3 is 17.6 Å². The second-order valence-corrected chi connectivity index (χ2v) is 10.5. The van der Waals surface area contributed by atoms with E-state index < -0.39 is 74.9 Å². The third-order valence-electron chi connectivity index (χ3n) is 5.87. The van der Waals surface area contributed by atoms with Crippen LogP contribution in [0.2, 0.25) is 0 Å². The molecule has 3 aromatic rings. The van der Waals surface area contributed by atoms with Gasteiger partial charge in [0.25, 0.3) is 10.1 Å². The Labute approximate surface area is 233 Å². The molecule has 2 aromatic carbocycles. The number of nitrogen functional groups attached to an aromatic ring is 1. The van der Waals surface area contributed by atoms with Gasteiger partial charge in [0, 0.05) is 0 Å². The number of nitrogens with one attached hydrogen (secondary N) is 1. The molecule has 41 heavy (non-hydrogen) atoms. The fourth-order valence-electron chi connectivity index (χ4n) is 4.07. The Morgan fingerprint density at radius 1 is 0.951 bits per heavy atom. The average Bonchev–Trinajstić information content (AvgIpc) is 2.92. The van der Waals surface area contributed by atoms with Crippen LogP contribution in [0.4, 0.5) is 17.3 Å². The molecule has 216 valence electrons. The van der Waals surface area contributed by atoms with Crippen molar-refractivity contribution >= 4 is 39.4 Å². The van der Waals surface area contributed by atoms with E-state index in [4.69, 9.17) is 24.1 Å². The van der Waals surface area contributed by atoms with Crippen molar-refractivity contribution in [2.45, 2.75) is 37.6 Å². The van der Waals surface area contributed by atoms with Gasteiger partial charge in [-0.15, -0.1) is 0 Å². The maximum atomic E-state index is 13.2. The monoisotopic (exact) mass is 587 g/mol. The van der Waals surface area contributed by atoms with Crippen molar-refractivity contribution < 1.29 is 41.3 Å². The first-order valence-corrected chi connectivity index (χ1v) is 13.8. The summed E-state index contributed by atoms with van der Waals surface area (Å²) in [4.78, 5) is 44.6. The Balaban J connectivity index is 1.79. The summed E-state index contributed by atoms with van der Waals surface area (Å²) >= 11 is 0. The third kappa shape index (κ3) is 7.10. The predicted molar refractivity (Wildman–Crippen MR) is 142 cm³/mol. The summed E-state index contributed by atoms with van der Waals surface area (Å²) in [6.07, 6.45) is -5.55. The second-order valence-electron chi connectivity index (χ2n) is 8.86. The molecular formula is C25H25N5O10S. The predicted octanol–water partition coefficient (Wildman–Crippen LogP) is 1.92. The molecule has 0 spiro atoms. The number of hydrogen-bond acceptors (Lipinski definition) is 14. The molecule has 0 aliphatic carbocycles. The molecule has 0 saturated carbocycles. The van der Waals surface area contributed by atoms with Crippen LogP contribution < -0.4 is 11.1 Å². The summed E-state index contributed by atoms with van der Waals surface area (Å²) in [6, 6.07) is 15.5. The van der Waals surface area contributed by atoms with Crippen LogP contribution in [0.15, 0.2) is 67.0 Å². The summed E-state index contributed by atoms with van der Waals surface area (Å²) in [5.74, 6) is -2.63. The molecule has 2 heterocycles. The standard InChI is InChI=1S/C25H25N5O10S/c1-14-18(40-41(2,35)36)19(38-24(31)15-9-5-3-6-10-15)20(39-25(32)16-11-7-4-8-12-16)23(37-14)29-22-17(30(33)34)21(26)27-13-28-22/h3-14,18-20,23H,1-2H3,(H3,26,27,28,29)/t14-,18+,19+,20-,23-/m1/s1. The molecular weight excluding hydrogens is 562 g/mol. The van der Waals surface area contributed by atoms with E-state index in [1.54, 1.807) is 36.4 Å². The van der Waals surface area contributed by atoms with Crippen LogP contribution in [0.5, 0.6) is 0 Å². The summed E-state index contributed by atoms with van der Waals surface area (Å²) < 4.78 is 46.9. The Morgan fingerprint density at radius 3 is 2.00 bits per heavy atom. The molecule has 16 heteroatoms. The third-order valence-corrected chi connectivity index (χ3v) is 6.44. The minimum Gasteiger partial charge on any atom is -0.452 e. The molecule has 4 rings (SSSR count). The van der Waals surface area contributed by atoms with Gasteiger partial charge in [0.1, 0.15) is 12.4 Å². The lowest BCUT2D eigenvalue weighted by atomic mass is 9.98. The highest BCUT2D eigenvalue weighted by atomic mass is 32.2. The van der Waals surface area contributed by atoms with E-state index in [-0.39, 0.29) is 11.1 Å². The average molecular weight is 588 g/mol. The molecule has 5 atom stereocenters. The van der Waals surface area contributed by atoms with Crippen LogP contribution in [0.3, 0.4) is 0 Å². The van der Waals surface area contributed by atoms with Crippen molar-refractivity contribution in [2.75, 3.05) is 17.3 Å². The van der Waals surface area contributed by atoms with Gasteiger partial charge in [0.15, 0.2) is 18.4 Å². The number of nitro groups is 1. The SMILES string of the molecule is C[C@H]1O[C@@H](Nc2ncnc(N)c2[N+](=O)[O-])[C@H](OC(=O)c2ccccc2)[C@@H](OC(=O)c2ccccc2)[C@H]1OS(C)(=O)=O. The van der Waals surface area contributed by atoms with Gasteiger partial charge in [-0.05, 0) is 31.2 Å². The number of hydrogen-bond donors (Lipinski definition) is 2. The lowest BCUT2D eigenvalue weighted by Crippen LogP contribution is -2.62. The van der Waals surface area contributed by atoms with Gasteiger partial charge in [-0.25, -0.2) is 19.6 Å². The number of anilines is 2. The van der Waals surface area contributed by atoms with Crippen molar-refractivity contribution in [3.05, 3.63) is 88.2 Å². The Hall–Kier alpha value is -4.67. The number of esters is 2. The molecule has 1 aromatic heterocycles. The van der Waals surface area contributed by atoms with E-state index in [1.165, 1.54) is 31.2 Å². The highest BCUT2D eigenvalue weighted by Gasteiger charge is 2.51. The van der Waals surface area contributed by atoms with Gasteiger partial charge in [-0.1, -0.05) is 36.4 Å². The molecule has 0 amide bonds. The van der Waals surface area contributed by atoms with Crippen molar-refractivity contribution in [2.24, 2.45) is 0 Å². The van der Waals surface area contributed by atoms with E-state index in [2.05, 4.69) is 15.3 Å². The number of rotatable bonds is 9. The number of nitrogens with two attached hydrogens (primary N) is 1. The number of carbonyl (C=O) groups excluding carboxylic acids is 2. The Kier molecular flexibility index (Phi) is 8.75. The first-order chi connectivity index (χ1) is 19.4. The van der Waals surface area contributed by atoms with Crippen LogP contribution in [0, 0.1) is 10.1 Å². The molecule has 1 fully saturated rings. The Morgan fingerprint density at radius 2 is 1.49 bits per heavy atom. The van der Waals surface area contributed by atoms with Crippen LogP contribution >= 0.6 is 0 Å². The number of carbonyl (C=O) groups is 2. The quantitative estimate of drug-likeness (QED) is 0.158. The number of aromatic nitrogens is 2. The van der Waals surface area contributed by atoms with Crippen molar-refractivity contribution in [3.63, 3.8) is 0 Å². The number of nitrogens with zero attached hydrogens (tertiary/aromatic N) is 3. The largest absolute Gasteiger partial charge is 0.452 e. The lowest BCUT2D eigenvalue weighted by molar-refractivity contribution is -0.383. The smallest absolute Gasteiger partial charge is 0.353 e. The van der Waals surface area contributed by atoms with Crippen LogP contribution in [0.1, 0.15) is 27.6 Å². The van der Waals surface area contributed by atoms with Crippen LogP contribution in [-0.2, 0) is 28.5 Å². The summed E-state index contributed by atoms with van der Waals surface area (Å²) in [5.41, 5.74) is 5.21. The topological polar surface area (TPSA) is 212 Å². The maximum Gasteiger partial charge on any atom is 0.353 e. The minimum absolute atomic E-state index is 0.107. The first-order valence-electron chi connectivity index (χ1n) is 12.0. The maximum absolute atomic E-state index is 13.2. The van der Waals surface area contributed by atoms with E-state index in [9.17, 15) is 28.1 Å². The van der Waals surface area contributed by atoms with E-state index in [0.717, 1.165) is 12.6 Å². The zero-order valence-electron chi connectivity index (χ0n) is 21.6.